The molecule has 1 aliphatic carbocycles. The SMILES string of the molecule is Cc1ccc(-n2c(S[C@@H](C)C(=O)NC3(C#N)CCCCC3)nc3ccccc3c2=O)cc1C. The molecule has 0 saturated heterocycles. The van der Waals surface area contributed by atoms with Crippen molar-refractivity contribution in [2.45, 2.75) is 68.8 Å². The summed E-state index contributed by atoms with van der Waals surface area (Å²) >= 11 is 1.24. The maximum atomic E-state index is 13.5. The second-order valence-electron chi connectivity index (χ2n) is 8.82. The van der Waals surface area contributed by atoms with E-state index in [4.69, 9.17) is 4.98 Å². The molecule has 1 N–H and O–H groups in total. The Hall–Kier alpha value is -3.11. The number of rotatable bonds is 5. The first kappa shape index (κ1) is 23.1. The van der Waals surface area contributed by atoms with Crippen molar-refractivity contribution in [3.05, 3.63) is 63.9 Å². The number of aromatic nitrogens is 2. The van der Waals surface area contributed by atoms with Crippen LogP contribution in [0.1, 0.15) is 50.2 Å². The lowest BCUT2D eigenvalue weighted by Gasteiger charge is -2.32. The highest BCUT2D eigenvalue weighted by molar-refractivity contribution is 8.00. The van der Waals surface area contributed by atoms with Crippen LogP contribution in [0.15, 0.2) is 52.4 Å². The predicted octanol–water partition coefficient (Wildman–Crippen LogP) is 4.83. The predicted molar refractivity (Wildman–Crippen MR) is 132 cm³/mol. The number of carbonyl (C=O) groups is 1. The summed E-state index contributed by atoms with van der Waals surface area (Å²) in [6.07, 6.45) is 4.32. The summed E-state index contributed by atoms with van der Waals surface area (Å²) in [5, 5.41) is 13.2. The van der Waals surface area contributed by atoms with E-state index in [9.17, 15) is 14.9 Å². The topological polar surface area (TPSA) is 87.8 Å². The molecule has 1 fully saturated rings. The summed E-state index contributed by atoms with van der Waals surface area (Å²) in [5.74, 6) is -0.211. The van der Waals surface area contributed by atoms with Gasteiger partial charge in [-0.1, -0.05) is 49.2 Å². The number of thioether (sulfide) groups is 1. The third kappa shape index (κ3) is 4.67. The number of nitrogens with zero attached hydrogens (tertiary/aromatic N) is 3. The van der Waals surface area contributed by atoms with E-state index < -0.39 is 10.8 Å². The number of nitriles is 1. The van der Waals surface area contributed by atoms with Crippen LogP contribution in [0.25, 0.3) is 16.6 Å². The smallest absolute Gasteiger partial charge is 0.266 e. The molecular weight excluding hydrogens is 432 g/mol. The van der Waals surface area contributed by atoms with E-state index >= 15 is 0 Å². The molecule has 0 radical (unpaired) electrons. The summed E-state index contributed by atoms with van der Waals surface area (Å²) in [6.45, 7) is 5.83. The molecule has 0 spiro atoms. The number of aryl methyl sites for hydroxylation is 2. The first-order valence-electron chi connectivity index (χ1n) is 11.3. The standard InChI is InChI=1S/C26H28N4O2S/c1-17-11-12-20(15-18(17)2)30-24(32)21-9-5-6-10-22(21)28-25(30)33-19(3)23(31)29-26(16-27)13-7-4-8-14-26/h5-6,9-12,15,19H,4,7-8,13-14H2,1-3H3,(H,29,31)/t19-/m0/s1. The van der Waals surface area contributed by atoms with Gasteiger partial charge in [-0.3, -0.25) is 14.2 Å². The zero-order valence-electron chi connectivity index (χ0n) is 19.2. The quantitative estimate of drug-likeness (QED) is 0.435. The van der Waals surface area contributed by atoms with Crippen molar-refractivity contribution in [1.29, 1.82) is 5.26 Å². The summed E-state index contributed by atoms with van der Waals surface area (Å²) in [5.41, 5.74) is 2.56. The molecule has 3 aromatic rings. The fraction of sp³-hybridized carbons (Fsp3) is 0.385. The Morgan fingerprint density at radius 1 is 1.15 bits per heavy atom. The van der Waals surface area contributed by atoms with Crippen LogP contribution < -0.4 is 10.9 Å². The van der Waals surface area contributed by atoms with E-state index in [2.05, 4.69) is 11.4 Å². The van der Waals surface area contributed by atoms with Gasteiger partial charge in [0.05, 0.1) is 27.9 Å². The van der Waals surface area contributed by atoms with Gasteiger partial charge in [0.25, 0.3) is 5.56 Å². The fourth-order valence-electron chi connectivity index (χ4n) is 4.25. The van der Waals surface area contributed by atoms with Crippen molar-refractivity contribution in [1.82, 2.24) is 14.9 Å². The van der Waals surface area contributed by atoms with Gasteiger partial charge >= 0.3 is 0 Å². The van der Waals surface area contributed by atoms with E-state index in [1.807, 2.05) is 50.2 Å². The zero-order valence-corrected chi connectivity index (χ0v) is 20.0. The molecule has 1 saturated carbocycles. The highest BCUT2D eigenvalue weighted by atomic mass is 32.2. The van der Waals surface area contributed by atoms with Crippen molar-refractivity contribution < 1.29 is 4.79 Å². The Kier molecular flexibility index (Phi) is 6.57. The Labute approximate surface area is 198 Å². The number of fused-ring (bicyclic) bond motifs is 1. The van der Waals surface area contributed by atoms with Crippen LogP contribution in [-0.2, 0) is 4.79 Å². The molecule has 6 nitrogen and oxygen atoms in total. The van der Waals surface area contributed by atoms with Crippen molar-refractivity contribution >= 4 is 28.6 Å². The fourth-order valence-corrected chi connectivity index (χ4v) is 5.18. The lowest BCUT2D eigenvalue weighted by Crippen LogP contribution is -2.51. The molecular formula is C26H28N4O2S. The Bertz CT molecular complexity index is 1300. The number of amides is 1. The lowest BCUT2D eigenvalue weighted by atomic mass is 9.83. The maximum Gasteiger partial charge on any atom is 0.266 e. The van der Waals surface area contributed by atoms with Crippen LogP contribution in [0.2, 0.25) is 0 Å². The molecule has 1 aromatic heterocycles. The van der Waals surface area contributed by atoms with E-state index in [1.54, 1.807) is 17.6 Å². The molecule has 0 bridgehead atoms. The van der Waals surface area contributed by atoms with E-state index in [-0.39, 0.29) is 11.5 Å². The minimum Gasteiger partial charge on any atom is -0.337 e. The molecule has 2 aromatic carbocycles. The monoisotopic (exact) mass is 460 g/mol. The molecule has 1 atom stereocenters. The molecule has 1 heterocycles. The second-order valence-corrected chi connectivity index (χ2v) is 10.1. The lowest BCUT2D eigenvalue weighted by molar-refractivity contribution is -0.121. The Balaban J connectivity index is 1.72. The molecule has 1 amide bonds. The van der Waals surface area contributed by atoms with Gasteiger partial charge in [0, 0.05) is 0 Å². The number of benzene rings is 2. The van der Waals surface area contributed by atoms with Crippen LogP contribution in [0.4, 0.5) is 0 Å². The van der Waals surface area contributed by atoms with Crippen LogP contribution in [0.5, 0.6) is 0 Å². The van der Waals surface area contributed by atoms with E-state index in [1.165, 1.54) is 11.8 Å². The van der Waals surface area contributed by atoms with Crippen molar-refractivity contribution in [3.63, 3.8) is 0 Å². The van der Waals surface area contributed by atoms with Gasteiger partial charge in [-0.05, 0) is 69.0 Å². The van der Waals surface area contributed by atoms with Crippen LogP contribution >= 0.6 is 11.8 Å². The minimum absolute atomic E-state index is 0.167. The Morgan fingerprint density at radius 2 is 1.88 bits per heavy atom. The van der Waals surface area contributed by atoms with Gasteiger partial charge in [-0.15, -0.1) is 0 Å². The number of carbonyl (C=O) groups excluding carboxylic acids is 1. The zero-order chi connectivity index (χ0) is 23.6. The van der Waals surface area contributed by atoms with E-state index in [0.717, 1.165) is 36.1 Å². The summed E-state index contributed by atoms with van der Waals surface area (Å²) in [6, 6.07) is 15.4. The van der Waals surface area contributed by atoms with Crippen molar-refractivity contribution in [2.24, 2.45) is 0 Å². The number of hydrogen-bond acceptors (Lipinski definition) is 5. The van der Waals surface area contributed by atoms with Gasteiger partial charge in [0.15, 0.2) is 5.16 Å². The third-order valence-corrected chi connectivity index (χ3v) is 7.48. The van der Waals surface area contributed by atoms with Gasteiger partial charge in [-0.2, -0.15) is 5.26 Å². The molecule has 0 aliphatic heterocycles. The average Bonchev–Trinajstić information content (AvgIpc) is 2.82. The maximum absolute atomic E-state index is 13.5. The number of nitrogens with one attached hydrogen (secondary N) is 1. The van der Waals surface area contributed by atoms with Crippen molar-refractivity contribution in [3.8, 4) is 11.8 Å². The van der Waals surface area contributed by atoms with Crippen LogP contribution in [0.3, 0.4) is 0 Å². The van der Waals surface area contributed by atoms with Gasteiger partial charge in [-0.25, -0.2) is 4.98 Å². The highest BCUT2D eigenvalue weighted by Crippen LogP contribution is 2.30. The molecule has 1 aliphatic rings. The highest BCUT2D eigenvalue weighted by Gasteiger charge is 2.35. The van der Waals surface area contributed by atoms with Gasteiger partial charge in [0.2, 0.25) is 5.91 Å². The molecule has 7 heteroatoms. The third-order valence-electron chi connectivity index (χ3n) is 6.43. The molecule has 0 unspecified atom stereocenters. The second kappa shape index (κ2) is 9.40. The van der Waals surface area contributed by atoms with Gasteiger partial charge in [0.1, 0.15) is 5.54 Å². The molecule has 33 heavy (non-hydrogen) atoms. The molecule has 170 valence electrons. The number of hydrogen-bond donors (Lipinski definition) is 1. The van der Waals surface area contributed by atoms with Gasteiger partial charge < -0.3 is 5.32 Å². The van der Waals surface area contributed by atoms with E-state index in [0.29, 0.717) is 28.9 Å². The first-order chi connectivity index (χ1) is 15.8. The van der Waals surface area contributed by atoms with Crippen molar-refractivity contribution in [2.75, 3.05) is 0 Å². The van der Waals surface area contributed by atoms with Crippen LogP contribution in [-0.4, -0.2) is 26.2 Å². The number of para-hydroxylation sites is 1. The summed E-state index contributed by atoms with van der Waals surface area (Å²) < 4.78 is 1.59. The average molecular weight is 461 g/mol. The largest absolute Gasteiger partial charge is 0.337 e. The first-order valence-corrected chi connectivity index (χ1v) is 12.2. The Morgan fingerprint density at radius 3 is 2.58 bits per heavy atom. The molecule has 4 rings (SSSR count). The summed E-state index contributed by atoms with van der Waals surface area (Å²) in [7, 11) is 0. The normalized spacial score (nSPS) is 16.2. The minimum atomic E-state index is -0.797. The van der Waals surface area contributed by atoms with Crippen LogP contribution in [0, 0.1) is 25.2 Å². The summed E-state index contributed by atoms with van der Waals surface area (Å²) in [4.78, 5) is 31.3.